The van der Waals surface area contributed by atoms with Gasteiger partial charge in [-0.05, 0) is 30.6 Å². The number of nitrogens with zero attached hydrogens (tertiary/aromatic N) is 1. The molecule has 0 aromatic heterocycles. The molecule has 1 rings (SSSR count). The minimum atomic E-state index is 0.166. The van der Waals surface area contributed by atoms with Gasteiger partial charge in [0, 0.05) is 5.88 Å². The molecule has 3 N–H and O–H groups in total. The fourth-order valence-electron chi connectivity index (χ4n) is 1.25. The molecule has 1 aromatic rings. The third-order valence-electron chi connectivity index (χ3n) is 1.96. The first-order chi connectivity index (χ1) is 7.74. The predicted molar refractivity (Wildman–Crippen MR) is 72.9 cm³/mol. The van der Waals surface area contributed by atoms with E-state index in [0.717, 1.165) is 24.1 Å². The summed E-state index contributed by atoms with van der Waals surface area (Å²) in [7, 11) is 0. The number of nitrogens with one attached hydrogen (secondary N) is 1. The van der Waals surface area contributed by atoms with Crippen molar-refractivity contribution < 1.29 is 0 Å². The smallest absolute Gasteiger partial charge is 0.184 e. The van der Waals surface area contributed by atoms with Gasteiger partial charge in [0.2, 0.25) is 0 Å². The van der Waals surface area contributed by atoms with Crippen molar-refractivity contribution in [3.63, 3.8) is 0 Å². The highest BCUT2D eigenvalue weighted by atomic mass is 35.5. The van der Waals surface area contributed by atoms with Gasteiger partial charge in [0.15, 0.2) is 5.11 Å². The van der Waals surface area contributed by atoms with Crippen LogP contribution in [0.4, 0.5) is 0 Å². The summed E-state index contributed by atoms with van der Waals surface area (Å²) < 4.78 is 0. The molecule has 3 nitrogen and oxygen atoms in total. The molecule has 0 aliphatic carbocycles. The topological polar surface area (TPSA) is 50.4 Å². The highest BCUT2D eigenvalue weighted by molar-refractivity contribution is 7.80. The van der Waals surface area contributed by atoms with Crippen molar-refractivity contribution in [1.29, 1.82) is 0 Å². The summed E-state index contributed by atoms with van der Waals surface area (Å²) in [4.78, 5) is 0. The van der Waals surface area contributed by atoms with E-state index in [4.69, 9.17) is 29.6 Å². The van der Waals surface area contributed by atoms with E-state index in [0.29, 0.717) is 5.88 Å². The van der Waals surface area contributed by atoms with Crippen molar-refractivity contribution in [2.75, 3.05) is 5.88 Å². The molecule has 16 heavy (non-hydrogen) atoms. The maximum absolute atomic E-state index is 5.67. The van der Waals surface area contributed by atoms with Crippen LogP contribution in [-0.2, 0) is 0 Å². The first-order valence-electron chi connectivity index (χ1n) is 4.97. The van der Waals surface area contributed by atoms with E-state index in [-0.39, 0.29) is 5.11 Å². The highest BCUT2D eigenvalue weighted by Gasteiger charge is 2.02. The molecule has 0 spiro atoms. The number of nitrogens with two attached hydrogens (primary N) is 1. The summed E-state index contributed by atoms with van der Waals surface area (Å²) in [6, 6.07) is 9.88. The summed E-state index contributed by atoms with van der Waals surface area (Å²) in [5.74, 6) is 0.610. The Morgan fingerprint density at radius 3 is 2.62 bits per heavy atom. The molecular weight excluding hydrogens is 242 g/mol. The van der Waals surface area contributed by atoms with Gasteiger partial charge in [0.05, 0.1) is 5.71 Å². The largest absolute Gasteiger partial charge is 0.375 e. The zero-order chi connectivity index (χ0) is 11.8. The van der Waals surface area contributed by atoms with Crippen molar-refractivity contribution in [2.24, 2.45) is 10.8 Å². The molecule has 1 aromatic carbocycles. The van der Waals surface area contributed by atoms with Crippen molar-refractivity contribution in [3.8, 4) is 0 Å². The summed E-state index contributed by atoms with van der Waals surface area (Å²) in [5.41, 5.74) is 9.91. The summed E-state index contributed by atoms with van der Waals surface area (Å²) >= 11 is 10.4. The Labute approximate surface area is 106 Å². The molecule has 0 aliphatic rings. The molecule has 0 amide bonds. The number of benzene rings is 1. The number of hydrogen-bond acceptors (Lipinski definition) is 2. The summed E-state index contributed by atoms with van der Waals surface area (Å²) in [6.45, 7) is 0. The van der Waals surface area contributed by atoms with E-state index >= 15 is 0 Å². The zero-order valence-electron chi connectivity index (χ0n) is 8.82. The fraction of sp³-hybridized carbons (Fsp3) is 0.273. The lowest BCUT2D eigenvalue weighted by molar-refractivity contribution is 0.956. The van der Waals surface area contributed by atoms with Gasteiger partial charge >= 0.3 is 0 Å². The monoisotopic (exact) mass is 255 g/mol. The van der Waals surface area contributed by atoms with Gasteiger partial charge in [-0.1, -0.05) is 30.3 Å². The molecule has 0 radical (unpaired) electrons. The third-order valence-corrected chi connectivity index (χ3v) is 2.31. The molecule has 0 unspecified atom stereocenters. The average Bonchev–Trinajstić information content (AvgIpc) is 2.30. The molecule has 0 bridgehead atoms. The van der Waals surface area contributed by atoms with Crippen LogP contribution in [0.25, 0.3) is 0 Å². The van der Waals surface area contributed by atoms with E-state index in [1.807, 2.05) is 30.3 Å². The van der Waals surface area contributed by atoms with Gasteiger partial charge in [0.1, 0.15) is 0 Å². The highest BCUT2D eigenvalue weighted by Crippen LogP contribution is 2.06. The maximum atomic E-state index is 5.67. The van der Waals surface area contributed by atoms with Crippen LogP contribution in [0.2, 0.25) is 0 Å². The van der Waals surface area contributed by atoms with Crippen LogP contribution in [0.5, 0.6) is 0 Å². The van der Waals surface area contributed by atoms with Crippen LogP contribution >= 0.6 is 23.8 Å². The Kier molecular flexibility index (Phi) is 5.82. The molecule has 0 heterocycles. The number of alkyl halides is 1. The van der Waals surface area contributed by atoms with Gasteiger partial charge in [-0.2, -0.15) is 5.10 Å². The SMILES string of the molecule is NC(=S)NN=C(CCCCl)c1ccccc1. The quantitative estimate of drug-likeness (QED) is 0.367. The first kappa shape index (κ1) is 12.9. The van der Waals surface area contributed by atoms with Crippen LogP contribution < -0.4 is 11.2 Å². The Hall–Kier alpha value is -1.13. The minimum Gasteiger partial charge on any atom is -0.375 e. The van der Waals surface area contributed by atoms with Crippen LogP contribution in [0, 0.1) is 0 Å². The first-order valence-corrected chi connectivity index (χ1v) is 5.91. The Morgan fingerprint density at radius 1 is 1.38 bits per heavy atom. The molecule has 0 aliphatic heterocycles. The molecule has 0 atom stereocenters. The molecule has 0 fully saturated rings. The third kappa shape index (κ3) is 4.59. The Morgan fingerprint density at radius 2 is 2.06 bits per heavy atom. The van der Waals surface area contributed by atoms with E-state index < -0.39 is 0 Å². The van der Waals surface area contributed by atoms with Crippen LogP contribution in [0.3, 0.4) is 0 Å². The van der Waals surface area contributed by atoms with Gasteiger partial charge < -0.3 is 5.73 Å². The average molecular weight is 256 g/mol. The summed E-state index contributed by atoms with van der Waals surface area (Å²) in [6.07, 6.45) is 1.66. The van der Waals surface area contributed by atoms with E-state index in [1.165, 1.54) is 0 Å². The van der Waals surface area contributed by atoms with Crippen LogP contribution in [0.15, 0.2) is 35.4 Å². The summed E-state index contributed by atoms with van der Waals surface area (Å²) in [5, 5.41) is 4.34. The number of thiocarbonyl (C=S) groups is 1. The molecule has 86 valence electrons. The molecule has 5 heteroatoms. The number of halogens is 1. The molecular formula is C11H14ClN3S. The van der Waals surface area contributed by atoms with Gasteiger partial charge in [-0.15, -0.1) is 11.6 Å². The van der Waals surface area contributed by atoms with Crippen molar-refractivity contribution in [1.82, 2.24) is 5.43 Å². The minimum absolute atomic E-state index is 0.166. The Balaban J connectivity index is 2.78. The lowest BCUT2D eigenvalue weighted by atomic mass is 10.1. The normalized spacial score (nSPS) is 11.2. The zero-order valence-corrected chi connectivity index (χ0v) is 10.4. The van der Waals surface area contributed by atoms with Crippen molar-refractivity contribution in [3.05, 3.63) is 35.9 Å². The second-order valence-corrected chi connectivity index (χ2v) is 4.01. The second-order valence-electron chi connectivity index (χ2n) is 3.19. The molecule has 0 saturated heterocycles. The fourth-order valence-corrected chi connectivity index (χ4v) is 1.43. The van der Waals surface area contributed by atoms with Crippen molar-refractivity contribution in [2.45, 2.75) is 12.8 Å². The van der Waals surface area contributed by atoms with E-state index in [1.54, 1.807) is 0 Å². The Bertz CT molecular complexity index is 365. The second kappa shape index (κ2) is 7.19. The van der Waals surface area contributed by atoms with Gasteiger partial charge in [-0.25, -0.2) is 0 Å². The molecule has 0 saturated carbocycles. The van der Waals surface area contributed by atoms with Crippen molar-refractivity contribution >= 4 is 34.6 Å². The number of hydrazone groups is 1. The predicted octanol–water partition coefficient (Wildman–Crippen LogP) is 2.24. The number of hydrogen-bond donors (Lipinski definition) is 2. The van der Waals surface area contributed by atoms with Gasteiger partial charge in [-0.3, -0.25) is 5.43 Å². The van der Waals surface area contributed by atoms with Crippen LogP contribution in [0.1, 0.15) is 18.4 Å². The number of rotatable bonds is 5. The van der Waals surface area contributed by atoms with Crippen LogP contribution in [-0.4, -0.2) is 16.7 Å². The van der Waals surface area contributed by atoms with E-state index in [2.05, 4.69) is 10.5 Å². The maximum Gasteiger partial charge on any atom is 0.184 e. The standard InChI is InChI=1S/C11H14ClN3S/c12-8-4-7-10(14-15-11(13)16)9-5-2-1-3-6-9/h1-3,5-6H,4,7-8H2,(H3,13,15,16). The van der Waals surface area contributed by atoms with Gasteiger partial charge in [0.25, 0.3) is 0 Å². The lowest BCUT2D eigenvalue weighted by Gasteiger charge is -2.06. The lowest BCUT2D eigenvalue weighted by Crippen LogP contribution is -2.25. The van der Waals surface area contributed by atoms with E-state index in [9.17, 15) is 0 Å².